The monoisotopic (exact) mass is 335 g/mol. The minimum absolute atomic E-state index is 0.142. The molecule has 0 N–H and O–H groups in total. The zero-order valence-electron chi connectivity index (χ0n) is 14.3. The predicted molar refractivity (Wildman–Crippen MR) is 94.1 cm³/mol. The average molecular weight is 335 g/mol. The van der Waals surface area contributed by atoms with Gasteiger partial charge in [-0.3, -0.25) is 9.78 Å². The van der Waals surface area contributed by atoms with Crippen molar-refractivity contribution in [2.45, 2.75) is 32.2 Å². The van der Waals surface area contributed by atoms with E-state index in [9.17, 15) is 4.79 Å². The van der Waals surface area contributed by atoms with E-state index in [4.69, 9.17) is 9.68 Å². The lowest BCUT2D eigenvalue weighted by Gasteiger charge is -2.19. The maximum atomic E-state index is 12.5. The Balaban J connectivity index is 1.64. The molecule has 1 aliphatic rings. The van der Waals surface area contributed by atoms with Crippen molar-refractivity contribution < 1.29 is 9.21 Å². The van der Waals surface area contributed by atoms with Crippen LogP contribution in [0, 0.1) is 17.2 Å². The molecule has 0 aliphatic heterocycles. The third-order valence-electron chi connectivity index (χ3n) is 4.41. The van der Waals surface area contributed by atoms with Gasteiger partial charge in [0.05, 0.1) is 12.5 Å². The first-order chi connectivity index (χ1) is 12.2. The van der Waals surface area contributed by atoms with E-state index in [-0.39, 0.29) is 5.91 Å². The van der Waals surface area contributed by atoms with Crippen LogP contribution in [0.5, 0.6) is 0 Å². The molecular formula is C20H21N3O2. The highest BCUT2D eigenvalue weighted by Gasteiger charge is 2.36. The van der Waals surface area contributed by atoms with Crippen molar-refractivity contribution in [3.63, 3.8) is 0 Å². The molecule has 2 atom stereocenters. The summed E-state index contributed by atoms with van der Waals surface area (Å²) in [5.41, 5.74) is 0.935. The second kappa shape index (κ2) is 7.80. The summed E-state index contributed by atoms with van der Waals surface area (Å²) in [4.78, 5) is 18.2. The van der Waals surface area contributed by atoms with Crippen LogP contribution < -0.4 is 0 Å². The molecule has 5 nitrogen and oxygen atoms in total. The lowest BCUT2D eigenvalue weighted by atomic mass is 10.2. The van der Waals surface area contributed by atoms with E-state index in [1.807, 2.05) is 24.3 Å². The predicted octanol–water partition coefficient (Wildman–Crippen LogP) is 3.75. The van der Waals surface area contributed by atoms with Crippen molar-refractivity contribution in [2.75, 3.05) is 6.54 Å². The smallest absolute Gasteiger partial charge is 0.247 e. The highest BCUT2D eigenvalue weighted by Crippen LogP contribution is 2.47. The van der Waals surface area contributed by atoms with Gasteiger partial charge >= 0.3 is 0 Å². The van der Waals surface area contributed by atoms with Crippen LogP contribution in [0.15, 0.2) is 47.2 Å². The maximum Gasteiger partial charge on any atom is 0.247 e. The molecule has 1 aliphatic carbocycles. The molecule has 2 aromatic rings. The first-order valence-corrected chi connectivity index (χ1v) is 8.50. The van der Waals surface area contributed by atoms with E-state index in [0.29, 0.717) is 37.1 Å². The SMILES string of the molecule is CC1CC1c1ccc(/C=C/C(=O)N(CCC#N)Cc2cccnc2)o1. The molecule has 0 aromatic carbocycles. The molecule has 2 aromatic heterocycles. The Hall–Kier alpha value is -2.87. The number of nitriles is 1. The Labute approximate surface area is 147 Å². The first-order valence-electron chi connectivity index (χ1n) is 8.50. The Morgan fingerprint density at radius 1 is 1.48 bits per heavy atom. The van der Waals surface area contributed by atoms with Gasteiger partial charge in [-0.05, 0) is 42.2 Å². The summed E-state index contributed by atoms with van der Waals surface area (Å²) < 4.78 is 5.79. The fourth-order valence-corrected chi connectivity index (χ4v) is 2.80. The van der Waals surface area contributed by atoms with Crippen LogP contribution in [-0.4, -0.2) is 22.3 Å². The van der Waals surface area contributed by atoms with Gasteiger partial charge in [-0.1, -0.05) is 13.0 Å². The minimum atomic E-state index is -0.142. The van der Waals surface area contributed by atoms with Crippen LogP contribution in [0.1, 0.15) is 42.8 Å². The van der Waals surface area contributed by atoms with E-state index in [1.54, 1.807) is 23.4 Å². The summed E-state index contributed by atoms with van der Waals surface area (Å²) in [6.45, 7) is 3.02. The third-order valence-corrected chi connectivity index (χ3v) is 4.41. The number of hydrogen-bond donors (Lipinski definition) is 0. The van der Waals surface area contributed by atoms with Crippen molar-refractivity contribution in [3.05, 3.63) is 59.8 Å². The van der Waals surface area contributed by atoms with E-state index in [1.165, 1.54) is 12.5 Å². The third kappa shape index (κ3) is 4.57. The van der Waals surface area contributed by atoms with Gasteiger partial charge in [-0.15, -0.1) is 0 Å². The Kier molecular flexibility index (Phi) is 5.30. The summed E-state index contributed by atoms with van der Waals surface area (Å²) in [5.74, 6) is 2.75. The largest absolute Gasteiger partial charge is 0.461 e. The van der Waals surface area contributed by atoms with Gasteiger partial charge in [-0.25, -0.2) is 0 Å². The molecule has 2 heterocycles. The highest BCUT2D eigenvalue weighted by atomic mass is 16.3. The Morgan fingerprint density at radius 3 is 3.00 bits per heavy atom. The van der Waals surface area contributed by atoms with Gasteiger partial charge in [-0.2, -0.15) is 5.26 Å². The van der Waals surface area contributed by atoms with Crippen molar-refractivity contribution in [2.24, 2.45) is 5.92 Å². The van der Waals surface area contributed by atoms with E-state index in [0.717, 1.165) is 11.3 Å². The fourth-order valence-electron chi connectivity index (χ4n) is 2.80. The van der Waals surface area contributed by atoms with Crippen LogP contribution in [0.2, 0.25) is 0 Å². The van der Waals surface area contributed by atoms with Crippen LogP contribution in [-0.2, 0) is 11.3 Å². The molecular weight excluding hydrogens is 314 g/mol. The lowest BCUT2D eigenvalue weighted by molar-refractivity contribution is -0.126. The first kappa shape index (κ1) is 17.0. The molecule has 128 valence electrons. The molecule has 0 spiro atoms. The second-order valence-electron chi connectivity index (χ2n) is 6.42. The van der Waals surface area contributed by atoms with Crippen molar-refractivity contribution >= 4 is 12.0 Å². The molecule has 0 bridgehead atoms. The lowest BCUT2D eigenvalue weighted by Crippen LogP contribution is -2.29. The fraction of sp³-hybridized carbons (Fsp3) is 0.350. The number of aromatic nitrogens is 1. The van der Waals surface area contributed by atoms with Crippen LogP contribution in [0.4, 0.5) is 0 Å². The van der Waals surface area contributed by atoms with Crippen LogP contribution >= 0.6 is 0 Å². The van der Waals surface area contributed by atoms with E-state index in [2.05, 4.69) is 18.0 Å². The van der Waals surface area contributed by atoms with E-state index >= 15 is 0 Å². The number of carbonyl (C=O) groups is 1. The van der Waals surface area contributed by atoms with Crippen molar-refractivity contribution in [1.29, 1.82) is 5.26 Å². The maximum absolute atomic E-state index is 12.5. The molecule has 3 rings (SSSR count). The number of furan rings is 1. The summed E-state index contributed by atoms with van der Waals surface area (Å²) in [7, 11) is 0. The van der Waals surface area contributed by atoms with Gasteiger partial charge in [0, 0.05) is 37.5 Å². The second-order valence-corrected chi connectivity index (χ2v) is 6.42. The topological polar surface area (TPSA) is 70.1 Å². The Bertz CT molecular complexity index is 789. The molecule has 0 saturated heterocycles. The van der Waals surface area contributed by atoms with Crippen LogP contribution in [0.3, 0.4) is 0 Å². The summed E-state index contributed by atoms with van der Waals surface area (Å²) in [6.07, 6.45) is 8.09. The van der Waals surface area contributed by atoms with Crippen molar-refractivity contribution in [1.82, 2.24) is 9.88 Å². The molecule has 0 radical (unpaired) electrons. The molecule has 1 fully saturated rings. The number of amides is 1. The Morgan fingerprint density at radius 2 is 2.32 bits per heavy atom. The molecule has 1 saturated carbocycles. The van der Waals surface area contributed by atoms with Crippen molar-refractivity contribution in [3.8, 4) is 6.07 Å². The summed E-state index contributed by atoms with van der Waals surface area (Å²) >= 11 is 0. The highest BCUT2D eigenvalue weighted by molar-refractivity contribution is 5.91. The molecule has 1 amide bonds. The quantitative estimate of drug-likeness (QED) is 0.723. The van der Waals surface area contributed by atoms with Gasteiger partial charge in [0.1, 0.15) is 11.5 Å². The van der Waals surface area contributed by atoms with Gasteiger partial charge in [0.2, 0.25) is 5.91 Å². The zero-order chi connectivity index (χ0) is 17.6. The summed E-state index contributed by atoms with van der Waals surface area (Å²) in [6, 6.07) is 9.72. The average Bonchev–Trinajstić information content (AvgIpc) is 3.18. The molecule has 2 unspecified atom stereocenters. The number of nitrogens with zero attached hydrogens (tertiary/aromatic N) is 3. The summed E-state index contributed by atoms with van der Waals surface area (Å²) in [5, 5.41) is 8.82. The van der Waals surface area contributed by atoms with E-state index < -0.39 is 0 Å². The minimum Gasteiger partial charge on any atom is -0.461 e. The van der Waals surface area contributed by atoms with Gasteiger partial charge in [0.25, 0.3) is 0 Å². The molecule has 25 heavy (non-hydrogen) atoms. The molecule has 5 heteroatoms. The standard InChI is InChI=1S/C20H21N3O2/c1-15-12-18(15)19-7-5-17(25-19)6-8-20(24)23(11-3-9-21)14-16-4-2-10-22-13-16/h2,4-8,10,13,15,18H,3,11-12,14H2,1H3/b8-6+. The normalized spacial score (nSPS) is 18.9. The number of pyridine rings is 1. The number of carbonyl (C=O) groups excluding carboxylic acids is 1. The zero-order valence-corrected chi connectivity index (χ0v) is 14.3. The number of rotatable bonds is 7. The van der Waals surface area contributed by atoms with Gasteiger partial charge in [0.15, 0.2) is 0 Å². The van der Waals surface area contributed by atoms with Crippen LogP contribution in [0.25, 0.3) is 6.08 Å². The van der Waals surface area contributed by atoms with Gasteiger partial charge < -0.3 is 9.32 Å². The number of hydrogen-bond acceptors (Lipinski definition) is 4.